The molecule has 0 aromatic carbocycles. The van der Waals surface area contributed by atoms with E-state index in [0.29, 0.717) is 0 Å². The monoisotopic (exact) mass is 175 g/mol. The second kappa shape index (κ2) is 4.19. The zero-order valence-electron chi connectivity index (χ0n) is 6.30. The van der Waals surface area contributed by atoms with Crippen molar-refractivity contribution in [2.75, 3.05) is 18.8 Å². The molecule has 0 spiro atoms. The first-order chi connectivity index (χ1) is 4.84. The van der Waals surface area contributed by atoms with Crippen LogP contribution in [0.1, 0.15) is 19.8 Å². The largest absolute Gasteiger partial charge is 0.357 e. The quantitative estimate of drug-likeness (QED) is 0.605. The van der Waals surface area contributed by atoms with Crippen molar-refractivity contribution in [1.29, 1.82) is 0 Å². The molecule has 10 heavy (non-hydrogen) atoms. The van der Waals surface area contributed by atoms with E-state index in [2.05, 4.69) is 11.8 Å². The highest BCUT2D eigenvalue weighted by atomic mass is 32.2. The standard InChI is InChI=1S/C7H13NS2/c1-2-3-4-8-5-6-10-7(8)9/h2-6H2,1H3. The lowest BCUT2D eigenvalue weighted by Crippen LogP contribution is -2.23. The minimum atomic E-state index is 1.11. The van der Waals surface area contributed by atoms with Gasteiger partial charge in [-0.25, -0.2) is 0 Å². The first-order valence-electron chi connectivity index (χ1n) is 3.76. The van der Waals surface area contributed by atoms with Crippen molar-refractivity contribution < 1.29 is 0 Å². The number of unbranched alkanes of at least 4 members (excludes halogenated alkanes) is 1. The first kappa shape index (κ1) is 8.34. The van der Waals surface area contributed by atoms with E-state index in [9.17, 15) is 0 Å². The molecule has 0 aliphatic carbocycles. The fraction of sp³-hybridized carbons (Fsp3) is 0.857. The minimum absolute atomic E-state index is 1.11. The third-order valence-electron chi connectivity index (χ3n) is 1.63. The average Bonchev–Trinajstić information content (AvgIpc) is 2.31. The summed E-state index contributed by atoms with van der Waals surface area (Å²) in [6, 6.07) is 0. The molecule has 0 amide bonds. The van der Waals surface area contributed by atoms with E-state index >= 15 is 0 Å². The Morgan fingerprint density at radius 2 is 2.50 bits per heavy atom. The van der Waals surface area contributed by atoms with Crippen LogP contribution in [0.25, 0.3) is 0 Å². The normalized spacial score (nSPS) is 18.5. The molecule has 1 saturated heterocycles. The van der Waals surface area contributed by atoms with Crippen molar-refractivity contribution in [2.24, 2.45) is 0 Å². The van der Waals surface area contributed by atoms with Crippen molar-refractivity contribution in [1.82, 2.24) is 4.90 Å². The van der Waals surface area contributed by atoms with E-state index in [1.54, 1.807) is 0 Å². The fourth-order valence-corrected chi connectivity index (χ4v) is 2.26. The number of hydrogen-bond donors (Lipinski definition) is 0. The lowest BCUT2D eigenvalue weighted by atomic mass is 10.3. The first-order valence-corrected chi connectivity index (χ1v) is 5.15. The second-order valence-corrected chi connectivity index (χ2v) is 4.18. The average molecular weight is 175 g/mol. The van der Waals surface area contributed by atoms with Gasteiger partial charge in [-0.1, -0.05) is 37.3 Å². The maximum Gasteiger partial charge on any atom is 0.136 e. The van der Waals surface area contributed by atoms with Crippen LogP contribution in [0.5, 0.6) is 0 Å². The molecule has 1 heterocycles. The number of rotatable bonds is 3. The molecule has 1 aliphatic heterocycles. The van der Waals surface area contributed by atoms with Gasteiger partial charge in [0.05, 0.1) is 0 Å². The van der Waals surface area contributed by atoms with Crippen LogP contribution in [0.15, 0.2) is 0 Å². The van der Waals surface area contributed by atoms with Crippen molar-refractivity contribution in [2.45, 2.75) is 19.8 Å². The maximum absolute atomic E-state index is 5.14. The van der Waals surface area contributed by atoms with Crippen molar-refractivity contribution in [3.8, 4) is 0 Å². The van der Waals surface area contributed by atoms with E-state index in [1.807, 2.05) is 11.8 Å². The summed E-state index contributed by atoms with van der Waals surface area (Å²) >= 11 is 6.96. The minimum Gasteiger partial charge on any atom is -0.357 e. The summed E-state index contributed by atoms with van der Waals surface area (Å²) in [4.78, 5) is 2.31. The molecule has 58 valence electrons. The fourth-order valence-electron chi connectivity index (χ4n) is 0.978. The maximum atomic E-state index is 5.14. The Labute approximate surface area is 72.2 Å². The van der Waals surface area contributed by atoms with Crippen LogP contribution in [-0.4, -0.2) is 28.1 Å². The van der Waals surface area contributed by atoms with Gasteiger partial charge in [0, 0.05) is 18.8 Å². The van der Waals surface area contributed by atoms with Crippen LogP contribution in [-0.2, 0) is 0 Å². The zero-order chi connectivity index (χ0) is 7.40. The van der Waals surface area contributed by atoms with Gasteiger partial charge >= 0.3 is 0 Å². The molecule has 1 nitrogen and oxygen atoms in total. The summed E-state index contributed by atoms with van der Waals surface area (Å²) in [5, 5.41) is 0. The van der Waals surface area contributed by atoms with Gasteiger partial charge in [-0.3, -0.25) is 0 Å². The van der Waals surface area contributed by atoms with Crippen LogP contribution in [0.3, 0.4) is 0 Å². The highest BCUT2D eigenvalue weighted by Crippen LogP contribution is 2.17. The van der Waals surface area contributed by atoms with E-state index < -0.39 is 0 Å². The molecule has 0 radical (unpaired) electrons. The molecular formula is C7H13NS2. The molecule has 0 aromatic rings. The number of nitrogens with zero attached hydrogens (tertiary/aromatic N) is 1. The van der Waals surface area contributed by atoms with Crippen LogP contribution >= 0.6 is 24.0 Å². The smallest absolute Gasteiger partial charge is 0.136 e. The topological polar surface area (TPSA) is 3.24 Å². The molecule has 0 aromatic heterocycles. The highest BCUT2D eigenvalue weighted by molar-refractivity contribution is 8.23. The number of hydrogen-bond acceptors (Lipinski definition) is 2. The predicted molar refractivity (Wildman–Crippen MR) is 51.5 cm³/mol. The van der Waals surface area contributed by atoms with Gasteiger partial charge in [0.2, 0.25) is 0 Å². The molecule has 0 atom stereocenters. The lowest BCUT2D eigenvalue weighted by molar-refractivity contribution is 0.453. The lowest BCUT2D eigenvalue weighted by Gasteiger charge is -2.15. The molecule has 1 fully saturated rings. The summed E-state index contributed by atoms with van der Waals surface area (Å²) in [6.45, 7) is 4.55. The Hall–Kier alpha value is 0.240. The molecular weight excluding hydrogens is 162 g/mol. The van der Waals surface area contributed by atoms with Gasteiger partial charge < -0.3 is 4.90 Å². The van der Waals surface area contributed by atoms with Gasteiger partial charge in [0.15, 0.2) is 0 Å². The van der Waals surface area contributed by atoms with E-state index in [4.69, 9.17) is 12.2 Å². The Balaban J connectivity index is 2.20. The predicted octanol–water partition coefficient (Wildman–Crippen LogP) is 2.12. The van der Waals surface area contributed by atoms with Crippen molar-refractivity contribution >= 4 is 28.3 Å². The summed E-state index contributed by atoms with van der Waals surface area (Å²) in [6.07, 6.45) is 2.55. The summed E-state index contributed by atoms with van der Waals surface area (Å²) in [5.74, 6) is 1.20. The molecule has 0 bridgehead atoms. The Morgan fingerprint density at radius 3 is 3.00 bits per heavy atom. The second-order valence-electron chi connectivity index (χ2n) is 2.45. The van der Waals surface area contributed by atoms with E-state index in [1.165, 1.54) is 31.7 Å². The molecule has 1 aliphatic rings. The van der Waals surface area contributed by atoms with Crippen LogP contribution < -0.4 is 0 Å². The van der Waals surface area contributed by atoms with Crippen LogP contribution in [0.2, 0.25) is 0 Å². The van der Waals surface area contributed by atoms with Gasteiger partial charge in [-0.15, -0.1) is 0 Å². The van der Waals surface area contributed by atoms with E-state index in [0.717, 1.165) is 4.32 Å². The molecule has 0 unspecified atom stereocenters. The highest BCUT2D eigenvalue weighted by Gasteiger charge is 2.15. The van der Waals surface area contributed by atoms with Crippen molar-refractivity contribution in [3.63, 3.8) is 0 Å². The molecule has 1 rings (SSSR count). The van der Waals surface area contributed by atoms with Gasteiger partial charge in [-0.2, -0.15) is 0 Å². The van der Waals surface area contributed by atoms with Gasteiger partial charge in [0.1, 0.15) is 4.32 Å². The zero-order valence-corrected chi connectivity index (χ0v) is 7.93. The number of thiocarbonyl (C=S) groups is 1. The third kappa shape index (κ3) is 2.13. The summed E-state index contributed by atoms with van der Waals surface area (Å²) < 4.78 is 1.11. The van der Waals surface area contributed by atoms with Crippen LogP contribution in [0, 0.1) is 0 Å². The SMILES string of the molecule is CCCCN1CCSC1=S. The van der Waals surface area contributed by atoms with E-state index in [-0.39, 0.29) is 0 Å². The van der Waals surface area contributed by atoms with Crippen molar-refractivity contribution in [3.05, 3.63) is 0 Å². The molecule has 0 N–H and O–H groups in total. The van der Waals surface area contributed by atoms with Crippen LogP contribution in [0.4, 0.5) is 0 Å². The summed E-state index contributed by atoms with van der Waals surface area (Å²) in [5.41, 5.74) is 0. The molecule has 0 saturated carbocycles. The third-order valence-corrected chi connectivity index (χ3v) is 3.13. The van der Waals surface area contributed by atoms with Gasteiger partial charge in [-0.05, 0) is 6.42 Å². The number of thioether (sulfide) groups is 1. The van der Waals surface area contributed by atoms with Gasteiger partial charge in [0.25, 0.3) is 0 Å². The Kier molecular flexibility index (Phi) is 3.49. The Morgan fingerprint density at radius 1 is 1.70 bits per heavy atom. The summed E-state index contributed by atoms with van der Waals surface area (Å²) in [7, 11) is 0. The molecule has 3 heteroatoms. The Bertz CT molecular complexity index is 125.